The molecule has 2 aliphatic rings. The van der Waals surface area contributed by atoms with Gasteiger partial charge in [0.15, 0.2) is 0 Å². The smallest absolute Gasteiger partial charge is 0.321 e. The highest BCUT2D eigenvalue weighted by Crippen LogP contribution is 2.30. The number of benzene rings is 2. The van der Waals surface area contributed by atoms with Crippen molar-refractivity contribution in [2.45, 2.75) is 75.6 Å². The van der Waals surface area contributed by atoms with Gasteiger partial charge in [-0.1, -0.05) is 80.4 Å². The average molecular weight is 705 g/mol. The standard InChI is InChI=1S/C37H48N6O6S/c1-3-27(2)35(43-20-19-41(37(43)46)24-31-13-8-18-38-22-31)36(45)40-33(21-28-9-5-4-6-10-28)34(44)26-42(25-30-11-7-12-30)50(48,49)32-16-14-29(15-17-32)23-39-47/h4-6,8-10,13-18,22-23,27,30,33-35,44,47H,3,7,11-12,19-21,24-26H2,1-2H3,(H,40,45)/t27-,33-,34-,35-/m0/s1. The van der Waals surface area contributed by atoms with E-state index in [0.29, 0.717) is 31.6 Å². The molecule has 3 aromatic rings. The molecule has 1 aliphatic carbocycles. The molecule has 0 radical (unpaired) electrons. The number of carbonyl (C=O) groups excluding carboxylic acids is 2. The van der Waals surface area contributed by atoms with Crippen molar-refractivity contribution in [2.24, 2.45) is 17.0 Å². The van der Waals surface area contributed by atoms with E-state index in [1.807, 2.05) is 56.3 Å². The summed E-state index contributed by atoms with van der Waals surface area (Å²) in [5.74, 6) is -0.392. The van der Waals surface area contributed by atoms with Gasteiger partial charge in [0, 0.05) is 45.1 Å². The normalized spacial score (nSPS) is 17.9. The summed E-state index contributed by atoms with van der Waals surface area (Å²) in [4.78, 5) is 35.5. The number of aliphatic hydroxyl groups is 1. The zero-order chi connectivity index (χ0) is 35.7. The van der Waals surface area contributed by atoms with Gasteiger partial charge in [-0.15, -0.1) is 0 Å². The predicted octanol–water partition coefficient (Wildman–Crippen LogP) is 4.12. The van der Waals surface area contributed by atoms with Crippen LogP contribution in [0.15, 0.2) is 89.2 Å². The second-order valence-electron chi connectivity index (χ2n) is 13.4. The van der Waals surface area contributed by atoms with Crippen LogP contribution < -0.4 is 5.32 Å². The Labute approximate surface area is 294 Å². The maximum absolute atomic E-state index is 14.3. The maximum atomic E-state index is 14.3. The molecule has 2 fully saturated rings. The lowest BCUT2D eigenvalue weighted by atomic mass is 9.85. The molecule has 0 bridgehead atoms. The van der Waals surface area contributed by atoms with Gasteiger partial charge in [0.05, 0.1) is 23.3 Å². The van der Waals surface area contributed by atoms with Crippen LogP contribution in [-0.2, 0) is 27.8 Å². The number of aromatic nitrogens is 1. The number of hydrogen-bond donors (Lipinski definition) is 3. The maximum Gasteiger partial charge on any atom is 0.321 e. The Morgan fingerprint density at radius 3 is 2.42 bits per heavy atom. The molecule has 3 amide bonds. The Morgan fingerprint density at radius 1 is 1.08 bits per heavy atom. The van der Waals surface area contributed by atoms with Crippen molar-refractivity contribution in [2.75, 3.05) is 26.2 Å². The first-order chi connectivity index (χ1) is 24.1. The first-order valence-corrected chi connectivity index (χ1v) is 18.8. The summed E-state index contributed by atoms with van der Waals surface area (Å²) in [6.07, 6.45) is 7.08. The molecule has 0 spiro atoms. The van der Waals surface area contributed by atoms with Gasteiger partial charge < -0.3 is 25.4 Å². The molecule has 2 heterocycles. The Kier molecular flexibility index (Phi) is 12.6. The molecule has 12 nitrogen and oxygen atoms in total. The number of urea groups is 1. The summed E-state index contributed by atoms with van der Waals surface area (Å²) in [5, 5.41) is 26.8. The SMILES string of the molecule is CC[C@H](C)[C@@H](C(=O)N[C@@H](Cc1ccccc1)[C@@H](O)CN(CC1CCC1)S(=O)(=O)c1ccc(C=NO)cc1)N1CCN(Cc2cccnc2)C1=O. The fraction of sp³-hybridized carbons (Fsp3) is 0.459. The van der Waals surface area contributed by atoms with E-state index >= 15 is 0 Å². The van der Waals surface area contributed by atoms with E-state index in [1.54, 1.807) is 34.3 Å². The molecule has 13 heteroatoms. The lowest BCUT2D eigenvalue weighted by Gasteiger charge is -2.36. The molecule has 1 aromatic heterocycles. The van der Waals surface area contributed by atoms with E-state index in [-0.39, 0.29) is 48.2 Å². The topological polar surface area (TPSA) is 156 Å². The van der Waals surface area contributed by atoms with Gasteiger partial charge in [0.2, 0.25) is 15.9 Å². The second-order valence-corrected chi connectivity index (χ2v) is 15.3. The quantitative estimate of drug-likeness (QED) is 0.109. The van der Waals surface area contributed by atoms with Crippen molar-refractivity contribution in [1.29, 1.82) is 0 Å². The van der Waals surface area contributed by atoms with Crippen molar-refractivity contribution < 1.29 is 28.3 Å². The lowest BCUT2D eigenvalue weighted by molar-refractivity contribution is -0.128. The fourth-order valence-electron chi connectivity index (χ4n) is 6.58. The van der Waals surface area contributed by atoms with Gasteiger partial charge >= 0.3 is 6.03 Å². The van der Waals surface area contributed by atoms with Crippen LogP contribution in [0.5, 0.6) is 0 Å². The van der Waals surface area contributed by atoms with Gasteiger partial charge in [-0.2, -0.15) is 4.31 Å². The van der Waals surface area contributed by atoms with Crippen LogP contribution in [0.2, 0.25) is 0 Å². The van der Waals surface area contributed by atoms with Crippen molar-refractivity contribution >= 4 is 28.2 Å². The number of amides is 3. The predicted molar refractivity (Wildman–Crippen MR) is 190 cm³/mol. The Morgan fingerprint density at radius 2 is 1.80 bits per heavy atom. The monoisotopic (exact) mass is 704 g/mol. The number of nitrogens with one attached hydrogen (secondary N) is 1. The van der Waals surface area contributed by atoms with Gasteiger partial charge in [-0.05, 0) is 66.0 Å². The molecular formula is C37H48N6O6S. The average Bonchev–Trinajstić information content (AvgIpc) is 3.45. The van der Waals surface area contributed by atoms with Gasteiger partial charge in [0.1, 0.15) is 6.04 Å². The molecule has 5 rings (SSSR count). The van der Waals surface area contributed by atoms with E-state index in [4.69, 9.17) is 5.21 Å². The molecular weight excluding hydrogens is 657 g/mol. The first-order valence-electron chi connectivity index (χ1n) is 17.3. The molecule has 0 unspecified atom stereocenters. The summed E-state index contributed by atoms with van der Waals surface area (Å²) in [6, 6.07) is 17.3. The third kappa shape index (κ3) is 9.06. The minimum Gasteiger partial charge on any atom is -0.411 e. The molecule has 1 saturated carbocycles. The molecule has 4 atom stereocenters. The number of rotatable bonds is 17. The van der Waals surface area contributed by atoms with Crippen molar-refractivity contribution in [3.63, 3.8) is 0 Å². The van der Waals surface area contributed by atoms with Crippen LogP contribution in [0.4, 0.5) is 4.79 Å². The van der Waals surface area contributed by atoms with Crippen LogP contribution in [0, 0.1) is 11.8 Å². The number of oxime groups is 1. The zero-order valence-electron chi connectivity index (χ0n) is 28.7. The van der Waals surface area contributed by atoms with Crippen molar-refractivity contribution in [3.8, 4) is 0 Å². The van der Waals surface area contributed by atoms with Crippen molar-refractivity contribution in [3.05, 3.63) is 95.8 Å². The summed E-state index contributed by atoms with van der Waals surface area (Å²) in [5.41, 5.74) is 2.30. The highest BCUT2D eigenvalue weighted by Gasteiger charge is 2.41. The summed E-state index contributed by atoms with van der Waals surface area (Å²) >= 11 is 0. The number of nitrogens with zero attached hydrogens (tertiary/aromatic N) is 5. The minimum absolute atomic E-state index is 0.0583. The van der Waals surface area contributed by atoms with Crippen LogP contribution in [0.3, 0.4) is 0 Å². The van der Waals surface area contributed by atoms with E-state index in [9.17, 15) is 23.1 Å². The Balaban J connectivity index is 1.38. The summed E-state index contributed by atoms with van der Waals surface area (Å²) < 4.78 is 29.4. The van der Waals surface area contributed by atoms with E-state index in [0.717, 1.165) is 30.4 Å². The number of hydrogen-bond acceptors (Lipinski definition) is 8. The van der Waals surface area contributed by atoms with Crippen LogP contribution in [-0.4, -0.2) is 100 Å². The number of aliphatic hydroxyl groups excluding tert-OH is 1. The van der Waals surface area contributed by atoms with Gasteiger partial charge in [-0.25, -0.2) is 13.2 Å². The third-order valence-corrected chi connectivity index (χ3v) is 11.7. The van der Waals surface area contributed by atoms with Crippen LogP contribution >= 0.6 is 0 Å². The molecule has 2 aromatic carbocycles. The number of pyridine rings is 1. The number of sulfonamides is 1. The van der Waals surface area contributed by atoms with Gasteiger partial charge in [0.25, 0.3) is 0 Å². The highest BCUT2D eigenvalue weighted by atomic mass is 32.2. The molecule has 50 heavy (non-hydrogen) atoms. The molecule has 1 saturated heterocycles. The van der Waals surface area contributed by atoms with Crippen LogP contribution in [0.25, 0.3) is 0 Å². The van der Waals surface area contributed by atoms with Crippen molar-refractivity contribution in [1.82, 2.24) is 24.4 Å². The van der Waals surface area contributed by atoms with E-state index in [2.05, 4.69) is 15.5 Å². The van der Waals surface area contributed by atoms with Crippen LogP contribution in [0.1, 0.15) is 56.2 Å². The van der Waals surface area contributed by atoms with E-state index < -0.39 is 28.2 Å². The first kappa shape index (κ1) is 36.9. The highest BCUT2D eigenvalue weighted by molar-refractivity contribution is 7.89. The zero-order valence-corrected chi connectivity index (χ0v) is 29.5. The third-order valence-electron chi connectivity index (χ3n) is 9.90. The fourth-order valence-corrected chi connectivity index (χ4v) is 8.11. The molecule has 268 valence electrons. The molecule has 3 N–H and O–H groups in total. The summed E-state index contributed by atoms with van der Waals surface area (Å²) in [7, 11) is -4.03. The Bertz CT molecular complexity index is 1690. The second kappa shape index (κ2) is 17.1. The van der Waals surface area contributed by atoms with Gasteiger partial charge in [-0.3, -0.25) is 9.78 Å². The largest absolute Gasteiger partial charge is 0.411 e. The minimum atomic E-state index is -4.03. The Hall–Kier alpha value is -4.33. The van der Waals surface area contributed by atoms with E-state index in [1.165, 1.54) is 22.7 Å². The lowest BCUT2D eigenvalue weighted by Crippen LogP contribution is -2.57. The molecule has 1 aliphatic heterocycles. The summed E-state index contributed by atoms with van der Waals surface area (Å²) in [6.45, 7) is 5.16. The number of carbonyl (C=O) groups is 2.